The van der Waals surface area contributed by atoms with Gasteiger partial charge in [0.15, 0.2) is 17.5 Å². The van der Waals surface area contributed by atoms with E-state index in [-0.39, 0.29) is 23.5 Å². The van der Waals surface area contributed by atoms with Crippen LogP contribution in [0.1, 0.15) is 30.0 Å². The fourth-order valence-corrected chi connectivity index (χ4v) is 4.85. The largest absolute Gasteiger partial charge is 0.368 e. The summed E-state index contributed by atoms with van der Waals surface area (Å²) >= 11 is 0. The van der Waals surface area contributed by atoms with E-state index >= 15 is 0 Å². The highest BCUT2D eigenvalue weighted by Gasteiger charge is 2.43. The van der Waals surface area contributed by atoms with E-state index < -0.39 is 0 Å². The van der Waals surface area contributed by atoms with Crippen LogP contribution in [0.25, 0.3) is 22.6 Å². The lowest BCUT2D eigenvalue weighted by Crippen LogP contribution is -2.52. The van der Waals surface area contributed by atoms with Crippen molar-refractivity contribution in [2.75, 3.05) is 17.2 Å². The third kappa shape index (κ3) is 3.13. The number of rotatable bonds is 4. The molecule has 12 nitrogen and oxygen atoms in total. The molecule has 1 aliphatic heterocycles. The normalized spacial score (nSPS) is 17.2. The third-order valence-corrected chi connectivity index (χ3v) is 6.49. The van der Waals surface area contributed by atoms with Crippen molar-refractivity contribution in [1.29, 1.82) is 5.26 Å². The number of nitrogens with one attached hydrogen (secondary N) is 1. The second kappa shape index (κ2) is 8.02. The van der Waals surface area contributed by atoms with Gasteiger partial charge in [0.1, 0.15) is 23.5 Å². The van der Waals surface area contributed by atoms with Crippen LogP contribution in [0.15, 0.2) is 53.7 Å². The number of anilines is 2. The summed E-state index contributed by atoms with van der Waals surface area (Å²) in [6.07, 6.45) is 3.13. The monoisotopic (exact) mass is 479 g/mol. The van der Waals surface area contributed by atoms with Crippen LogP contribution in [0.4, 0.5) is 11.8 Å². The van der Waals surface area contributed by atoms with Crippen LogP contribution in [-0.4, -0.2) is 45.9 Å². The van der Waals surface area contributed by atoms with Crippen molar-refractivity contribution >= 4 is 17.3 Å². The van der Waals surface area contributed by atoms with Crippen molar-refractivity contribution < 1.29 is 0 Å². The average Bonchev–Trinajstić information content (AvgIpc) is 3.53. The summed E-state index contributed by atoms with van der Waals surface area (Å²) in [7, 11) is 0. The smallest absolute Gasteiger partial charge is 0.283 e. The van der Waals surface area contributed by atoms with Gasteiger partial charge in [0.05, 0.1) is 23.0 Å². The van der Waals surface area contributed by atoms with Gasteiger partial charge in [-0.1, -0.05) is 25.1 Å². The summed E-state index contributed by atoms with van der Waals surface area (Å²) in [6.45, 7) is 4.42. The van der Waals surface area contributed by atoms with E-state index in [9.17, 15) is 10.1 Å². The number of nitrogens with zero attached hydrogens (tertiary/aromatic N) is 9. The van der Waals surface area contributed by atoms with Gasteiger partial charge in [-0.3, -0.25) is 14.5 Å². The Bertz CT molecular complexity index is 1700. The van der Waals surface area contributed by atoms with Crippen LogP contribution in [-0.2, 0) is 0 Å². The maximum Gasteiger partial charge on any atom is 0.283 e. The third-order valence-electron chi connectivity index (χ3n) is 6.49. The minimum absolute atomic E-state index is 0.0887. The summed E-state index contributed by atoms with van der Waals surface area (Å²) < 4.78 is 3.19. The Morgan fingerprint density at radius 2 is 2.00 bits per heavy atom. The molecule has 6 rings (SSSR count). The number of hydrogen-bond acceptors (Lipinski definition) is 9. The Balaban J connectivity index is 1.60. The second-order valence-corrected chi connectivity index (χ2v) is 8.74. The lowest BCUT2D eigenvalue weighted by molar-refractivity contribution is 0.300. The molecule has 0 bridgehead atoms. The summed E-state index contributed by atoms with van der Waals surface area (Å²) in [4.78, 5) is 28.8. The zero-order valence-electron chi connectivity index (χ0n) is 19.5. The van der Waals surface area contributed by atoms with Crippen molar-refractivity contribution in [3.8, 4) is 23.1 Å². The molecule has 0 spiro atoms. The molecule has 2 atom stereocenters. The van der Waals surface area contributed by atoms with Crippen LogP contribution in [0.3, 0.4) is 0 Å². The van der Waals surface area contributed by atoms with E-state index in [1.807, 2.05) is 35.2 Å². The number of fused-ring (bicyclic) bond motifs is 1. The number of nitriles is 1. The minimum Gasteiger partial charge on any atom is -0.368 e. The SMILES string of the molecule is Cc1nc(N)nc(N2C[C@H](C)C2c2nn3ccc(-c4ncn[nH]4)c3c(=O)n2-c2ccccc2)c1C#N. The molecule has 0 aliphatic carbocycles. The van der Waals surface area contributed by atoms with E-state index in [1.54, 1.807) is 28.3 Å². The molecule has 36 heavy (non-hydrogen) atoms. The van der Waals surface area contributed by atoms with Gasteiger partial charge in [0.25, 0.3) is 5.56 Å². The first-order valence-electron chi connectivity index (χ1n) is 11.3. The van der Waals surface area contributed by atoms with Crippen molar-refractivity contribution in [1.82, 2.24) is 39.3 Å². The first kappa shape index (κ1) is 21.5. The molecule has 5 heterocycles. The Kier molecular flexibility index (Phi) is 4.78. The van der Waals surface area contributed by atoms with Crippen LogP contribution < -0.4 is 16.2 Å². The maximum atomic E-state index is 14.1. The van der Waals surface area contributed by atoms with Gasteiger partial charge >= 0.3 is 0 Å². The number of hydrogen-bond donors (Lipinski definition) is 2. The van der Waals surface area contributed by atoms with Gasteiger partial charge in [0.2, 0.25) is 5.95 Å². The molecule has 5 aromatic rings. The van der Waals surface area contributed by atoms with Crippen molar-refractivity contribution in [3.63, 3.8) is 0 Å². The van der Waals surface area contributed by atoms with E-state index in [1.165, 1.54) is 6.33 Å². The number of aromatic nitrogens is 8. The number of aryl methyl sites for hydroxylation is 1. The minimum atomic E-state index is -0.334. The topological polar surface area (TPSA) is 160 Å². The predicted octanol–water partition coefficient (Wildman–Crippen LogP) is 2.02. The standard InChI is InChI=1S/C24H21N11O/c1-13-11-33(21-17(10-25)14(2)29-24(26)30-21)18(13)22-32-34-9-8-16(20-27-12-28-31-20)19(34)23(36)35(22)15-6-4-3-5-7-15/h3-9,12-13,18H,11H2,1-2H3,(H2,26,29,30)(H,27,28,31)/t13-,18?/m0/s1. The Labute approximate surface area is 204 Å². The summed E-state index contributed by atoms with van der Waals surface area (Å²) in [5.41, 5.74) is 8.20. The molecule has 1 unspecified atom stereocenters. The Morgan fingerprint density at radius 1 is 1.19 bits per heavy atom. The number of aromatic amines is 1. The molecule has 0 saturated carbocycles. The van der Waals surface area contributed by atoms with Crippen LogP contribution in [0.2, 0.25) is 0 Å². The van der Waals surface area contributed by atoms with Gasteiger partial charge in [-0.05, 0) is 25.1 Å². The van der Waals surface area contributed by atoms with E-state index in [0.29, 0.717) is 52.0 Å². The van der Waals surface area contributed by atoms with Gasteiger partial charge in [-0.15, -0.1) is 0 Å². The lowest BCUT2D eigenvalue weighted by Gasteiger charge is -2.47. The first-order chi connectivity index (χ1) is 17.5. The number of para-hydroxylation sites is 1. The van der Waals surface area contributed by atoms with Gasteiger partial charge in [-0.25, -0.2) is 14.5 Å². The van der Waals surface area contributed by atoms with Crippen molar-refractivity contribution in [2.24, 2.45) is 5.92 Å². The number of nitrogens with two attached hydrogens (primary N) is 1. The summed E-state index contributed by atoms with van der Waals surface area (Å²) in [6, 6.07) is 13.0. The van der Waals surface area contributed by atoms with Crippen LogP contribution >= 0.6 is 0 Å². The molecule has 1 saturated heterocycles. The quantitative estimate of drug-likeness (QED) is 0.393. The number of nitrogen functional groups attached to an aromatic ring is 1. The zero-order chi connectivity index (χ0) is 25.0. The molecule has 0 amide bonds. The molecule has 0 radical (unpaired) electrons. The Hall–Kier alpha value is -5.05. The molecule has 1 aromatic carbocycles. The second-order valence-electron chi connectivity index (χ2n) is 8.74. The van der Waals surface area contributed by atoms with Gasteiger partial charge in [0, 0.05) is 18.7 Å². The van der Waals surface area contributed by atoms with E-state index in [0.717, 1.165) is 0 Å². The van der Waals surface area contributed by atoms with Crippen molar-refractivity contribution in [2.45, 2.75) is 19.9 Å². The van der Waals surface area contributed by atoms with Crippen molar-refractivity contribution in [3.05, 3.63) is 76.4 Å². The molecular weight excluding hydrogens is 458 g/mol. The lowest BCUT2D eigenvalue weighted by atomic mass is 9.88. The highest BCUT2D eigenvalue weighted by molar-refractivity contribution is 5.76. The number of benzene rings is 1. The highest BCUT2D eigenvalue weighted by Crippen LogP contribution is 2.42. The summed E-state index contributed by atoms with van der Waals surface area (Å²) in [5, 5.41) is 21.5. The fraction of sp³-hybridized carbons (Fsp3) is 0.208. The highest BCUT2D eigenvalue weighted by atomic mass is 16.1. The first-order valence-corrected chi connectivity index (χ1v) is 11.3. The molecule has 1 aliphatic rings. The molecular formula is C24H21N11O. The van der Waals surface area contributed by atoms with E-state index in [4.69, 9.17) is 10.8 Å². The number of H-pyrrole nitrogens is 1. The molecule has 178 valence electrons. The maximum absolute atomic E-state index is 14.1. The van der Waals surface area contributed by atoms with Gasteiger partial charge < -0.3 is 10.6 Å². The van der Waals surface area contributed by atoms with Crippen LogP contribution in [0.5, 0.6) is 0 Å². The fourth-order valence-electron chi connectivity index (χ4n) is 4.85. The van der Waals surface area contributed by atoms with E-state index in [2.05, 4.69) is 38.1 Å². The Morgan fingerprint density at radius 3 is 2.69 bits per heavy atom. The average molecular weight is 480 g/mol. The zero-order valence-corrected chi connectivity index (χ0v) is 19.5. The van der Waals surface area contributed by atoms with Gasteiger partial charge in [-0.2, -0.15) is 20.4 Å². The summed E-state index contributed by atoms with van der Waals surface area (Å²) in [5.74, 6) is 1.65. The molecule has 3 N–H and O–H groups in total. The van der Waals surface area contributed by atoms with Crippen LogP contribution in [0, 0.1) is 24.2 Å². The molecule has 12 heteroatoms. The molecule has 1 fully saturated rings. The molecule has 4 aromatic heterocycles. The predicted molar refractivity (Wildman–Crippen MR) is 131 cm³/mol.